The maximum Gasteiger partial charge on any atom is 0.223 e. The smallest absolute Gasteiger partial charge is 0.223 e. The molecule has 3 aliphatic rings. The van der Waals surface area contributed by atoms with Crippen LogP contribution >= 0.6 is 0 Å². The third-order valence-corrected chi connectivity index (χ3v) is 5.62. The topological polar surface area (TPSA) is 32.3 Å². The molecular weight excluding hydrogens is 248 g/mol. The molecule has 0 radical (unpaired) electrons. The minimum Gasteiger partial charge on any atom is -0.352 e. The average molecular weight is 278 g/mol. The van der Waals surface area contributed by atoms with E-state index in [1.165, 1.54) is 64.3 Å². The van der Waals surface area contributed by atoms with E-state index in [2.05, 4.69) is 10.2 Å². The van der Waals surface area contributed by atoms with E-state index in [0.717, 1.165) is 25.4 Å². The predicted molar refractivity (Wildman–Crippen MR) is 81.6 cm³/mol. The molecule has 1 aliphatic heterocycles. The molecule has 3 rings (SSSR count). The van der Waals surface area contributed by atoms with Crippen molar-refractivity contribution in [3.8, 4) is 0 Å². The molecule has 0 bridgehead atoms. The van der Waals surface area contributed by atoms with Crippen molar-refractivity contribution in [2.45, 2.75) is 82.7 Å². The van der Waals surface area contributed by atoms with E-state index in [-0.39, 0.29) is 0 Å². The molecular formula is C17H30N2O. The van der Waals surface area contributed by atoms with Gasteiger partial charge in [-0.1, -0.05) is 32.1 Å². The Bertz CT molecular complexity index is 319. The Balaban J connectivity index is 1.48. The van der Waals surface area contributed by atoms with E-state index in [0.29, 0.717) is 17.9 Å². The number of nitrogens with zero attached hydrogens (tertiary/aromatic N) is 1. The highest BCUT2D eigenvalue weighted by Crippen LogP contribution is 2.28. The van der Waals surface area contributed by atoms with E-state index in [1.54, 1.807) is 0 Å². The second-order valence-corrected chi connectivity index (χ2v) is 7.12. The van der Waals surface area contributed by atoms with Crippen molar-refractivity contribution in [3.05, 3.63) is 0 Å². The van der Waals surface area contributed by atoms with Gasteiger partial charge in [0.25, 0.3) is 0 Å². The van der Waals surface area contributed by atoms with Crippen molar-refractivity contribution in [2.75, 3.05) is 13.1 Å². The summed E-state index contributed by atoms with van der Waals surface area (Å²) in [6.45, 7) is 2.35. The summed E-state index contributed by atoms with van der Waals surface area (Å²) in [4.78, 5) is 14.8. The van der Waals surface area contributed by atoms with Gasteiger partial charge in [0.05, 0.1) is 0 Å². The average Bonchev–Trinajstić information content (AvgIpc) is 2.65. The molecule has 2 saturated carbocycles. The molecule has 0 aromatic heterocycles. The van der Waals surface area contributed by atoms with Crippen molar-refractivity contribution in [1.29, 1.82) is 0 Å². The van der Waals surface area contributed by atoms with Crippen LogP contribution in [0.25, 0.3) is 0 Å². The third-order valence-electron chi connectivity index (χ3n) is 5.62. The van der Waals surface area contributed by atoms with Crippen LogP contribution in [0.15, 0.2) is 0 Å². The highest BCUT2D eigenvalue weighted by Gasteiger charge is 2.30. The highest BCUT2D eigenvalue weighted by molar-refractivity contribution is 5.79. The van der Waals surface area contributed by atoms with Gasteiger partial charge in [0.15, 0.2) is 0 Å². The van der Waals surface area contributed by atoms with Crippen LogP contribution in [0, 0.1) is 5.92 Å². The van der Waals surface area contributed by atoms with Gasteiger partial charge in [-0.15, -0.1) is 0 Å². The maximum atomic E-state index is 12.1. The Kier molecular flexibility index (Phi) is 4.98. The molecule has 114 valence electrons. The minimum absolute atomic E-state index is 0.336. The molecule has 1 saturated heterocycles. The van der Waals surface area contributed by atoms with Gasteiger partial charge in [-0.3, -0.25) is 9.69 Å². The second-order valence-electron chi connectivity index (χ2n) is 7.12. The number of carbonyl (C=O) groups is 1. The molecule has 0 aromatic carbocycles. The van der Waals surface area contributed by atoms with E-state index >= 15 is 0 Å². The number of piperidine rings is 1. The number of hydrogen-bond donors (Lipinski definition) is 1. The van der Waals surface area contributed by atoms with Crippen LogP contribution in [0.4, 0.5) is 0 Å². The Morgan fingerprint density at radius 2 is 1.60 bits per heavy atom. The van der Waals surface area contributed by atoms with Crippen molar-refractivity contribution in [1.82, 2.24) is 10.2 Å². The summed E-state index contributed by atoms with van der Waals surface area (Å²) in [5, 5.41) is 3.32. The summed E-state index contributed by atoms with van der Waals surface area (Å²) >= 11 is 0. The van der Waals surface area contributed by atoms with Gasteiger partial charge < -0.3 is 5.32 Å². The number of amides is 1. The number of carbonyl (C=O) groups excluding carboxylic acids is 1. The molecule has 3 fully saturated rings. The molecule has 1 heterocycles. The van der Waals surface area contributed by atoms with E-state index in [9.17, 15) is 4.79 Å². The van der Waals surface area contributed by atoms with Crippen molar-refractivity contribution in [3.63, 3.8) is 0 Å². The first-order valence-electron chi connectivity index (χ1n) is 8.87. The highest BCUT2D eigenvalue weighted by atomic mass is 16.2. The Morgan fingerprint density at radius 3 is 2.25 bits per heavy atom. The molecule has 0 aromatic rings. The Labute approximate surface area is 123 Å². The van der Waals surface area contributed by atoms with Crippen molar-refractivity contribution < 1.29 is 4.79 Å². The van der Waals surface area contributed by atoms with Gasteiger partial charge in [0, 0.05) is 24.5 Å². The third kappa shape index (κ3) is 3.55. The van der Waals surface area contributed by atoms with Gasteiger partial charge in [-0.25, -0.2) is 0 Å². The van der Waals surface area contributed by atoms with Gasteiger partial charge >= 0.3 is 0 Å². The van der Waals surface area contributed by atoms with Gasteiger partial charge in [0.1, 0.15) is 0 Å². The molecule has 20 heavy (non-hydrogen) atoms. The number of likely N-dealkylation sites (tertiary alicyclic amines) is 1. The maximum absolute atomic E-state index is 12.1. The monoisotopic (exact) mass is 278 g/mol. The molecule has 3 nitrogen and oxygen atoms in total. The van der Waals surface area contributed by atoms with Crippen LogP contribution in [0.5, 0.6) is 0 Å². The van der Waals surface area contributed by atoms with Crippen LogP contribution in [-0.2, 0) is 4.79 Å². The SMILES string of the molecule is O=C(N[C@@H]1CCCN(C2CCCCCC2)C1)C1CCC1. The lowest BCUT2D eigenvalue weighted by molar-refractivity contribution is -0.128. The molecule has 2 aliphatic carbocycles. The van der Waals surface area contributed by atoms with Crippen LogP contribution in [0.1, 0.15) is 70.6 Å². The van der Waals surface area contributed by atoms with Crippen LogP contribution in [0.2, 0.25) is 0 Å². The fourth-order valence-electron chi connectivity index (χ4n) is 4.07. The van der Waals surface area contributed by atoms with Crippen molar-refractivity contribution >= 4 is 5.91 Å². The van der Waals surface area contributed by atoms with E-state index in [1.807, 2.05) is 0 Å². The first kappa shape index (κ1) is 14.4. The quantitative estimate of drug-likeness (QED) is 0.805. The Hall–Kier alpha value is -0.570. The molecule has 1 amide bonds. The predicted octanol–water partition coefficient (Wildman–Crippen LogP) is 3.09. The van der Waals surface area contributed by atoms with Gasteiger partial charge in [-0.05, 0) is 45.1 Å². The summed E-state index contributed by atoms with van der Waals surface area (Å²) in [7, 11) is 0. The fourth-order valence-corrected chi connectivity index (χ4v) is 4.07. The number of rotatable bonds is 3. The van der Waals surface area contributed by atoms with Gasteiger partial charge in [-0.2, -0.15) is 0 Å². The van der Waals surface area contributed by atoms with Crippen molar-refractivity contribution in [2.24, 2.45) is 5.92 Å². The Morgan fingerprint density at radius 1 is 0.850 bits per heavy atom. The lowest BCUT2D eigenvalue weighted by Crippen LogP contribution is -2.52. The molecule has 3 heteroatoms. The van der Waals surface area contributed by atoms with E-state index < -0.39 is 0 Å². The molecule has 0 spiro atoms. The normalized spacial score (nSPS) is 30.5. The first-order valence-corrected chi connectivity index (χ1v) is 8.87. The lowest BCUT2D eigenvalue weighted by Gasteiger charge is -2.39. The summed E-state index contributed by atoms with van der Waals surface area (Å²) in [6.07, 6.45) is 14.3. The first-order chi connectivity index (χ1) is 9.83. The summed E-state index contributed by atoms with van der Waals surface area (Å²) in [5.74, 6) is 0.673. The van der Waals surface area contributed by atoms with Crippen LogP contribution in [0.3, 0.4) is 0 Å². The summed E-state index contributed by atoms with van der Waals surface area (Å²) in [6, 6.07) is 1.21. The molecule has 0 unspecified atom stereocenters. The zero-order valence-electron chi connectivity index (χ0n) is 12.8. The molecule has 1 N–H and O–H groups in total. The zero-order chi connectivity index (χ0) is 13.8. The summed E-state index contributed by atoms with van der Waals surface area (Å²) in [5.41, 5.74) is 0. The van der Waals surface area contributed by atoms with Crippen LogP contribution < -0.4 is 5.32 Å². The second kappa shape index (κ2) is 6.93. The van der Waals surface area contributed by atoms with E-state index in [4.69, 9.17) is 0 Å². The summed E-state index contributed by atoms with van der Waals surface area (Å²) < 4.78 is 0. The largest absolute Gasteiger partial charge is 0.352 e. The fraction of sp³-hybridized carbons (Fsp3) is 0.941. The minimum atomic E-state index is 0.336. The zero-order valence-corrected chi connectivity index (χ0v) is 12.8. The standard InChI is InChI=1S/C17H30N2O/c20-17(14-7-5-8-14)18-15-9-6-12-19(13-15)16-10-3-1-2-4-11-16/h14-16H,1-13H2,(H,18,20)/t15-/m1/s1. The number of hydrogen-bond acceptors (Lipinski definition) is 2. The van der Waals surface area contributed by atoms with Crippen LogP contribution in [-0.4, -0.2) is 36.0 Å². The number of nitrogens with one attached hydrogen (secondary N) is 1. The lowest BCUT2D eigenvalue weighted by atomic mass is 9.84. The molecule has 1 atom stereocenters. The van der Waals surface area contributed by atoms with Gasteiger partial charge in [0.2, 0.25) is 5.91 Å².